The summed E-state index contributed by atoms with van der Waals surface area (Å²) in [6.07, 6.45) is 1.56. The van der Waals surface area contributed by atoms with Crippen molar-refractivity contribution in [2.75, 3.05) is 0 Å². The highest BCUT2D eigenvalue weighted by atomic mass is 16.5. The first-order valence-electron chi connectivity index (χ1n) is 5.64. The SMILES string of the molecule is CC(=O)c1ccnc(Oc2c(C)nn(C)c2C)c1. The van der Waals surface area contributed by atoms with E-state index in [0.29, 0.717) is 17.2 Å². The van der Waals surface area contributed by atoms with Crippen LogP contribution in [0.1, 0.15) is 28.7 Å². The van der Waals surface area contributed by atoms with E-state index >= 15 is 0 Å². The summed E-state index contributed by atoms with van der Waals surface area (Å²) in [6, 6.07) is 3.30. The zero-order valence-electron chi connectivity index (χ0n) is 10.9. The van der Waals surface area contributed by atoms with Gasteiger partial charge in [-0.25, -0.2) is 4.98 Å². The highest BCUT2D eigenvalue weighted by molar-refractivity contribution is 5.94. The number of Topliss-reactive ketones (excluding diaryl/α,β-unsaturated/α-hetero) is 1. The maximum atomic E-state index is 11.3. The first-order valence-corrected chi connectivity index (χ1v) is 5.64. The van der Waals surface area contributed by atoms with Gasteiger partial charge in [0.25, 0.3) is 0 Å². The Hall–Kier alpha value is -2.17. The molecule has 5 heteroatoms. The average Bonchev–Trinajstić information content (AvgIpc) is 2.56. The molecule has 0 atom stereocenters. The molecule has 0 unspecified atom stereocenters. The van der Waals surface area contributed by atoms with Gasteiger partial charge in [0, 0.05) is 24.9 Å². The molecule has 2 aromatic heterocycles. The van der Waals surface area contributed by atoms with Gasteiger partial charge in [0.2, 0.25) is 5.88 Å². The van der Waals surface area contributed by atoms with Crippen LogP contribution in [0, 0.1) is 13.8 Å². The highest BCUT2D eigenvalue weighted by Crippen LogP contribution is 2.26. The smallest absolute Gasteiger partial charge is 0.220 e. The maximum Gasteiger partial charge on any atom is 0.220 e. The van der Waals surface area contributed by atoms with Gasteiger partial charge in [0.1, 0.15) is 5.69 Å². The number of nitrogens with zero attached hydrogens (tertiary/aromatic N) is 3. The Kier molecular flexibility index (Phi) is 3.14. The third-order valence-electron chi connectivity index (χ3n) is 2.79. The van der Waals surface area contributed by atoms with E-state index in [2.05, 4.69) is 10.1 Å². The van der Waals surface area contributed by atoms with E-state index in [4.69, 9.17) is 4.74 Å². The van der Waals surface area contributed by atoms with Crippen LogP contribution >= 0.6 is 0 Å². The molecule has 0 aliphatic rings. The molecule has 18 heavy (non-hydrogen) atoms. The summed E-state index contributed by atoms with van der Waals surface area (Å²) in [5, 5.41) is 4.26. The molecule has 0 radical (unpaired) electrons. The van der Waals surface area contributed by atoms with Crippen LogP contribution in [-0.4, -0.2) is 20.5 Å². The van der Waals surface area contributed by atoms with Crippen LogP contribution in [0.4, 0.5) is 0 Å². The van der Waals surface area contributed by atoms with Crippen molar-refractivity contribution in [3.63, 3.8) is 0 Å². The molecule has 0 aliphatic heterocycles. The zero-order valence-corrected chi connectivity index (χ0v) is 10.9. The van der Waals surface area contributed by atoms with Crippen molar-refractivity contribution >= 4 is 5.78 Å². The van der Waals surface area contributed by atoms with Gasteiger partial charge in [-0.2, -0.15) is 5.10 Å². The number of rotatable bonds is 3. The maximum absolute atomic E-state index is 11.3. The Morgan fingerprint density at radius 1 is 1.39 bits per heavy atom. The fourth-order valence-electron chi connectivity index (χ4n) is 1.69. The van der Waals surface area contributed by atoms with Gasteiger partial charge >= 0.3 is 0 Å². The second kappa shape index (κ2) is 4.60. The van der Waals surface area contributed by atoms with Crippen LogP contribution < -0.4 is 4.74 Å². The lowest BCUT2D eigenvalue weighted by atomic mass is 10.2. The van der Waals surface area contributed by atoms with E-state index in [1.165, 1.54) is 6.92 Å². The molecule has 0 N–H and O–H groups in total. The van der Waals surface area contributed by atoms with E-state index in [0.717, 1.165) is 11.4 Å². The van der Waals surface area contributed by atoms with E-state index in [9.17, 15) is 4.79 Å². The molecule has 0 spiro atoms. The number of hydrogen-bond acceptors (Lipinski definition) is 4. The quantitative estimate of drug-likeness (QED) is 0.779. The predicted molar refractivity (Wildman–Crippen MR) is 67.0 cm³/mol. The highest BCUT2D eigenvalue weighted by Gasteiger charge is 2.12. The first-order chi connectivity index (χ1) is 8.49. The summed E-state index contributed by atoms with van der Waals surface area (Å²) in [7, 11) is 1.86. The van der Waals surface area contributed by atoms with Gasteiger partial charge in [-0.1, -0.05) is 0 Å². The lowest BCUT2D eigenvalue weighted by Gasteiger charge is -2.05. The van der Waals surface area contributed by atoms with Gasteiger partial charge < -0.3 is 4.74 Å². The second-order valence-electron chi connectivity index (χ2n) is 4.16. The van der Waals surface area contributed by atoms with Crippen molar-refractivity contribution < 1.29 is 9.53 Å². The average molecular weight is 245 g/mol. The fraction of sp³-hybridized carbons (Fsp3) is 0.308. The van der Waals surface area contributed by atoms with Gasteiger partial charge in [-0.05, 0) is 26.8 Å². The molecule has 0 saturated heterocycles. The minimum atomic E-state index is -0.0121. The number of hydrogen-bond donors (Lipinski definition) is 0. The van der Waals surface area contributed by atoms with Crippen LogP contribution in [0.2, 0.25) is 0 Å². The first kappa shape index (κ1) is 12.3. The number of pyridine rings is 1. The molecule has 94 valence electrons. The Balaban J connectivity index is 2.34. The van der Waals surface area contributed by atoms with E-state index in [-0.39, 0.29) is 5.78 Å². The summed E-state index contributed by atoms with van der Waals surface area (Å²) in [6.45, 7) is 5.31. The number of ether oxygens (including phenoxy) is 1. The number of aromatic nitrogens is 3. The van der Waals surface area contributed by atoms with E-state index < -0.39 is 0 Å². The van der Waals surface area contributed by atoms with Crippen molar-refractivity contribution in [1.82, 2.24) is 14.8 Å². The van der Waals surface area contributed by atoms with Crippen molar-refractivity contribution in [2.24, 2.45) is 7.05 Å². The molecule has 0 saturated carbocycles. The summed E-state index contributed by atoms with van der Waals surface area (Å²) < 4.78 is 7.45. The van der Waals surface area contributed by atoms with Crippen LogP contribution in [0.5, 0.6) is 11.6 Å². The van der Waals surface area contributed by atoms with Gasteiger partial charge in [-0.15, -0.1) is 0 Å². The van der Waals surface area contributed by atoms with Gasteiger partial charge in [-0.3, -0.25) is 9.48 Å². The van der Waals surface area contributed by atoms with Crippen molar-refractivity contribution in [2.45, 2.75) is 20.8 Å². The number of aryl methyl sites for hydroxylation is 2. The zero-order chi connectivity index (χ0) is 13.3. The Morgan fingerprint density at radius 3 is 2.67 bits per heavy atom. The lowest BCUT2D eigenvalue weighted by Crippen LogP contribution is -1.96. The standard InChI is InChI=1S/C13H15N3O2/c1-8-13(9(2)16(4)15-8)18-12-7-11(10(3)17)5-6-14-12/h5-7H,1-4H3. The molecular weight excluding hydrogens is 230 g/mol. The minimum absolute atomic E-state index is 0.0121. The summed E-state index contributed by atoms with van der Waals surface area (Å²) in [4.78, 5) is 15.4. The van der Waals surface area contributed by atoms with Crippen LogP contribution in [0.25, 0.3) is 0 Å². The third kappa shape index (κ3) is 2.25. The molecule has 2 heterocycles. The largest absolute Gasteiger partial charge is 0.435 e. The summed E-state index contributed by atoms with van der Waals surface area (Å²) in [5.74, 6) is 1.08. The van der Waals surface area contributed by atoms with E-state index in [1.54, 1.807) is 23.0 Å². The summed E-state index contributed by atoms with van der Waals surface area (Å²) >= 11 is 0. The molecule has 0 aromatic carbocycles. The normalized spacial score (nSPS) is 10.4. The number of carbonyl (C=O) groups is 1. The van der Waals surface area contributed by atoms with Crippen molar-refractivity contribution in [3.8, 4) is 11.6 Å². The molecule has 0 amide bonds. The van der Waals surface area contributed by atoms with Crippen LogP contribution in [0.15, 0.2) is 18.3 Å². The topological polar surface area (TPSA) is 57.0 Å². The lowest BCUT2D eigenvalue weighted by molar-refractivity contribution is 0.101. The fourth-order valence-corrected chi connectivity index (χ4v) is 1.69. The minimum Gasteiger partial charge on any atom is -0.435 e. The summed E-state index contributed by atoms with van der Waals surface area (Å²) in [5.41, 5.74) is 2.30. The monoisotopic (exact) mass is 245 g/mol. The molecular formula is C13H15N3O2. The van der Waals surface area contributed by atoms with Crippen molar-refractivity contribution in [3.05, 3.63) is 35.3 Å². The Morgan fingerprint density at radius 2 is 2.11 bits per heavy atom. The molecule has 2 aromatic rings. The molecule has 0 bridgehead atoms. The molecule has 5 nitrogen and oxygen atoms in total. The third-order valence-corrected chi connectivity index (χ3v) is 2.79. The van der Waals surface area contributed by atoms with Crippen molar-refractivity contribution in [1.29, 1.82) is 0 Å². The van der Waals surface area contributed by atoms with Crippen LogP contribution in [0.3, 0.4) is 0 Å². The second-order valence-corrected chi connectivity index (χ2v) is 4.16. The predicted octanol–water partition coefficient (Wildman–Crippen LogP) is 2.43. The number of carbonyl (C=O) groups excluding carboxylic acids is 1. The van der Waals surface area contributed by atoms with Crippen LogP contribution in [-0.2, 0) is 7.05 Å². The van der Waals surface area contributed by atoms with Gasteiger partial charge in [0.05, 0.1) is 5.69 Å². The molecule has 0 fully saturated rings. The van der Waals surface area contributed by atoms with E-state index in [1.807, 2.05) is 20.9 Å². The molecule has 2 rings (SSSR count). The molecule has 0 aliphatic carbocycles. The number of ketones is 1. The Bertz CT molecular complexity index is 602. The van der Waals surface area contributed by atoms with Gasteiger partial charge in [0.15, 0.2) is 11.5 Å². The Labute approximate surface area is 105 Å².